The molecule has 18 heavy (non-hydrogen) atoms. The van der Waals surface area contributed by atoms with Crippen molar-refractivity contribution in [1.82, 2.24) is 0 Å². The molecule has 0 saturated heterocycles. The van der Waals surface area contributed by atoms with Crippen molar-refractivity contribution in [3.8, 4) is 0 Å². The minimum absolute atomic E-state index is 0.125. The predicted molar refractivity (Wildman–Crippen MR) is 64.6 cm³/mol. The van der Waals surface area contributed by atoms with Crippen molar-refractivity contribution in [3.63, 3.8) is 0 Å². The van der Waals surface area contributed by atoms with Gasteiger partial charge in [-0.1, -0.05) is 18.2 Å². The quantitative estimate of drug-likeness (QED) is 0.683. The molecule has 0 saturated carbocycles. The molecule has 0 bridgehead atoms. The zero-order chi connectivity index (χ0) is 13.7. The summed E-state index contributed by atoms with van der Waals surface area (Å²) in [6, 6.07) is 4.77. The Morgan fingerprint density at radius 1 is 1.28 bits per heavy atom. The van der Waals surface area contributed by atoms with Crippen LogP contribution in [0.2, 0.25) is 0 Å². The lowest BCUT2D eigenvalue weighted by molar-refractivity contribution is -0.147. The Morgan fingerprint density at radius 2 is 1.94 bits per heavy atom. The number of aliphatic hydroxyl groups excluding tert-OH is 1. The van der Waals surface area contributed by atoms with E-state index in [4.69, 9.17) is 21.8 Å². The van der Waals surface area contributed by atoms with Gasteiger partial charge in [0.15, 0.2) is 6.10 Å². The number of aryl methyl sites for hydroxylation is 1. The van der Waals surface area contributed by atoms with E-state index in [1.165, 1.54) is 6.07 Å². The number of halogens is 1. The van der Waals surface area contributed by atoms with Crippen molar-refractivity contribution in [3.05, 3.63) is 34.9 Å². The number of carboxylic acids is 2. The van der Waals surface area contributed by atoms with Gasteiger partial charge >= 0.3 is 11.9 Å². The SMILES string of the molecule is O=C(O)CCc1ccc(CCl)cc1C(O)C(=O)O. The molecule has 0 aliphatic rings. The van der Waals surface area contributed by atoms with E-state index in [0.717, 1.165) is 0 Å². The Labute approximate surface area is 109 Å². The smallest absolute Gasteiger partial charge is 0.337 e. The number of aliphatic hydroxyl groups is 1. The van der Waals surface area contributed by atoms with Crippen molar-refractivity contribution < 1.29 is 24.9 Å². The van der Waals surface area contributed by atoms with E-state index in [9.17, 15) is 14.7 Å². The lowest BCUT2D eigenvalue weighted by atomic mass is 9.96. The van der Waals surface area contributed by atoms with Crippen molar-refractivity contribution >= 4 is 23.5 Å². The molecule has 1 aromatic carbocycles. The molecule has 0 fully saturated rings. The first-order valence-corrected chi connectivity index (χ1v) is 5.79. The number of carbonyl (C=O) groups is 2. The highest BCUT2D eigenvalue weighted by Gasteiger charge is 2.20. The molecule has 1 atom stereocenters. The number of rotatable bonds is 6. The molecule has 5 nitrogen and oxygen atoms in total. The largest absolute Gasteiger partial charge is 0.481 e. The molecule has 1 rings (SSSR count). The molecule has 98 valence electrons. The summed E-state index contributed by atoms with van der Waals surface area (Å²) in [5.74, 6) is -2.16. The lowest BCUT2D eigenvalue weighted by Gasteiger charge is -2.13. The van der Waals surface area contributed by atoms with Gasteiger partial charge in [-0.05, 0) is 23.1 Å². The molecular weight excluding hydrogens is 260 g/mol. The summed E-state index contributed by atoms with van der Waals surface area (Å²) in [5, 5.41) is 27.0. The second-order valence-electron chi connectivity index (χ2n) is 3.80. The highest BCUT2D eigenvalue weighted by molar-refractivity contribution is 6.17. The maximum absolute atomic E-state index is 10.8. The zero-order valence-corrected chi connectivity index (χ0v) is 10.2. The molecule has 0 aliphatic carbocycles. The minimum atomic E-state index is -1.67. The van der Waals surface area contributed by atoms with Crippen LogP contribution in [0.3, 0.4) is 0 Å². The van der Waals surface area contributed by atoms with E-state index in [0.29, 0.717) is 11.1 Å². The first-order chi connectivity index (χ1) is 8.45. The Bertz CT molecular complexity index is 458. The van der Waals surface area contributed by atoms with E-state index < -0.39 is 18.0 Å². The number of aliphatic carboxylic acids is 2. The van der Waals surface area contributed by atoms with Gasteiger partial charge < -0.3 is 15.3 Å². The molecule has 0 spiro atoms. The fourth-order valence-corrected chi connectivity index (χ4v) is 1.75. The standard InChI is InChI=1S/C12H13ClO5/c13-6-7-1-2-8(3-4-10(14)15)9(5-7)11(16)12(17)18/h1-2,5,11,16H,3-4,6H2,(H,14,15)(H,17,18). The van der Waals surface area contributed by atoms with Crippen LogP contribution in [0, 0.1) is 0 Å². The normalized spacial score (nSPS) is 12.1. The average molecular weight is 273 g/mol. The average Bonchev–Trinajstić information content (AvgIpc) is 2.35. The van der Waals surface area contributed by atoms with E-state index in [1.54, 1.807) is 12.1 Å². The number of benzene rings is 1. The molecule has 1 aromatic rings. The van der Waals surface area contributed by atoms with Crippen LogP contribution in [0.5, 0.6) is 0 Å². The first-order valence-electron chi connectivity index (χ1n) is 5.26. The second kappa shape index (κ2) is 6.37. The predicted octanol–water partition coefficient (Wildman–Crippen LogP) is 1.56. The maximum atomic E-state index is 10.8. The van der Waals surface area contributed by atoms with Crippen LogP contribution in [0.25, 0.3) is 0 Å². The monoisotopic (exact) mass is 272 g/mol. The van der Waals surface area contributed by atoms with Crippen molar-refractivity contribution in [2.45, 2.75) is 24.8 Å². The number of hydrogen-bond donors (Lipinski definition) is 3. The van der Waals surface area contributed by atoms with E-state index in [1.807, 2.05) is 0 Å². The zero-order valence-electron chi connectivity index (χ0n) is 9.47. The highest BCUT2D eigenvalue weighted by Crippen LogP contribution is 2.22. The Hall–Kier alpha value is -1.59. The highest BCUT2D eigenvalue weighted by atomic mass is 35.5. The molecule has 1 unspecified atom stereocenters. The fourth-order valence-electron chi connectivity index (χ4n) is 1.58. The van der Waals surface area contributed by atoms with Crippen LogP contribution in [-0.2, 0) is 21.9 Å². The molecule has 6 heteroatoms. The van der Waals surface area contributed by atoms with Gasteiger partial charge in [0.2, 0.25) is 0 Å². The van der Waals surface area contributed by atoms with Crippen LogP contribution < -0.4 is 0 Å². The third kappa shape index (κ3) is 3.72. The third-order valence-electron chi connectivity index (χ3n) is 2.50. The summed E-state index contributed by atoms with van der Waals surface area (Å²) >= 11 is 5.64. The molecule has 0 amide bonds. The molecule has 0 aromatic heterocycles. The maximum Gasteiger partial charge on any atom is 0.337 e. The van der Waals surface area contributed by atoms with Gasteiger partial charge in [-0.2, -0.15) is 0 Å². The van der Waals surface area contributed by atoms with Gasteiger partial charge in [-0.15, -0.1) is 11.6 Å². The van der Waals surface area contributed by atoms with E-state index >= 15 is 0 Å². The Morgan fingerprint density at radius 3 is 2.44 bits per heavy atom. The number of alkyl halides is 1. The number of hydrogen-bond acceptors (Lipinski definition) is 3. The summed E-state index contributed by atoms with van der Waals surface area (Å²) in [5.41, 5.74) is 1.37. The molecule has 0 aliphatic heterocycles. The van der Waals surface area contributed by atoms with Crippen molar-refractivity contribution in [1.29, 1.82) is 0 Å². The van der Waals surface area contributed by atoms with Crippen molar-refractivity contribution in [2.75, 3.05) is 0 Å². The summed E-state index contributed by atoms with van der Waals surface area (Å²) in [7, 11) is 0. The van der Waals surface area contributed by atoms with Crippen LogP contribution >= 0.6 is 11.6 Å². The lowest BCUT2D eigenvalue weighted by Crippen LogP contribution is -2.13. The summed E-state index contributed by atoms with van der Waals surface area (Å²) in [6.07, 6.45) is -1.63. The van der Waals surface area contributed by atoms with Crippen LogP contribution in [-0.4, -0.2) is 27.3 Å². The van der Waals surface area contributed by atoms with Gasteiger partial charge in [0.1, 0.15) is 0 Å². The van der Waals surface area contributed by atoms with Crippen LogP contribution in [0.1, 0.15) is 29.2 Å². The Kier molecular flexibility index (Phi) is 5.12. The topological polar surface area (TPSA) is 94.8 Å². The van der Waals surface area contributed by atoms with E-state index in [2.05, 4.69) is 0 Å². The van der Waals surface area contributed by atoms with Gasteiger partial charge in [0.25, 0.3) is 0 Å². The van der Waals surface area contributed by atoms with Gasteiger partial charge in [0, 0.05) is 12.3 Å². The van der Waals surface area contributed by atoms with Crippen molar-refractivity contribution in [2.24, 2.45) is 0 Å². The van der Waals surface area contributed by atoms with Crippen LogP contribution in [0.4, 0.5) is 0 Å². The van der Waals surface area contributed by atoms with E-state index in [-0.39, 0.29) is 24.3 Å². The second-order valence-corrected chi connectivity index (χ2v) is 4.07. The van der Waals surface area contributed by atoms with Crippen LogP contribution in [0.15, 0.2) is 18.2 Å². The third-order valence-corrected chi connectivity index (χ3v) is 2.81. The fraction of sp³-hybridized carbons (Fsp3) is 0.333. The first kappa shape index (κ1) is 14.5. The number of carboxylic acid groups (broad SMARTS) is 2. The summed E-state index contributed by atoms with van der Waals surface area (Å²) in [4.78, 5) is 21.3. The molecule has 0 radical (unpaired) electrons. The Balaban J connectivity index is 3.07. The molecule has 3 N–H and O–H groups in total. The summed E-state index contributed by atoms with van der Waals surface area (Å²) in [6.45, 7) is 0. The minimum Gasteiger partial charge on any atom is -0.481 e. The van der Waals surface area contributed by atoms with Gasteiger partial charge in [-0.25, -0.2) is 4.79 Å². The molecular formula is C12H13ClO5. The molecule has 0 heterocycles. The van der Waals surface area contributed by atoms with Gasteiger partial charge in [0.05, 0.1) is 0 Å². The van der Waals surface area contributed by atoms with Gasteiger partial charge in [-0.3, -0.25) is 4.79 Å². The summed E-state index contributed by atoms with van der Waals surface area (Å²) < 4.78 is 0.